The van der Waals surface area contributed by atoms with Crippen molar-refractivity contribution in [2.75, 3.05) is 31.6 Å². The van der Waals surface area contributed by atoms with Crippen molar-refractivity contribution in [3.63, 3.8) is 0 Å². The van der Waals surface area contributed by atoms with Gasteiger partial charge >= 0.3 is 0 Å². The topological polar surface area (TPSA) is 75.7 Å². The number of benzene rings is 2. The lowest BCUT2D eigenvalue weighted by atomic mass is 10.1. The summed E-state index contributed by atoms with van der Waals surface area (Å²) in [6.45, 7) is 3.15. The molecule has 0 radical (unpaired) electrons. The lowest BCUT2D eigenvalue weighted by Crippen LogP contribution is -2.40. The number of carbonyl (C=O) groups excluding carboxylic acids is 1. The van der Waals surface area contributed by atoms with Gasteiger partial charge in [0, 0.05) is 29.4 Å². The largest absolute Gasteiger partial charge is 0.379 e. The fraction of sp³-hybridized carbons (Fsp3) is 0.278. The zero-order chi connectivity index (χ0) is 18.7. The Balaban J connectivity index is 1.84. The standard InChI is InChI=1S/C18H19ClN2O4S/c1-13-16(19)6-3-7-17(13)20-18(22)14-4-2-5-15(12-14)26(23,24)21-8-10-25-11-9-21/h2-7,12H,8-11H2,1H3,(H,20,22). The molecular formula is C18H19ClN2O4S. The van der Waals surface area contributed by atoms with Gasteiger partial charge in [-0.05, 0) is 42.8 Å². The monoisotopic (exact) mass is 394 g/mol. The van der Waals surface area contributed by atoms with Crippen LogP contribution in [0.15, 0.2) is 47.4 Å². The summed E-state index contributed by atoms with van der Waals surface area (Å²) in [4.78, 5) is 12.6. The van der Waals surface area contributed by atoms with Gasteiger partial charge in [-0.2, -0.15) is 4.31 Å². The molecule has 8 heteroatoms. The maximum atomic E-state index is 12.7. The van der Waals surface area contributed by atoms with Crippen LogP contribution < -0.4 is 5.32 Å². The molecule has 1 saturated heterocycles. The Kier molecular flexibility index (Phi) is 5.62. The van der Waals surface area contributed by atoms with E-state index in [0.29, 0.717) is 37.0 Å². The lowest BCUT2D eigenvalue weighted by molar-refractivity contribution is 0.0730. The van der Waals surface area contributed by atoms with E-state index in [-0.39, 0.29) is 10.5 Å². The van der Waals surface area contributed by atoms with Crippen LogP contribution in [0.25, 0.3) is 0 Å². The van der Waals surface area contributed by atoms with Crippen LogP contribution in [0.1, 0.15) is 15.9 Å². The molecule has 3 rings (SSSR count). The average molecular weight is 395 g/mol. The summed E-state index contributed by atoms with van der Waals surface area (Å²) in [6.07, 6.45) is 0. The van der Waals surface area contributed by atoms with Gasteiger partial charge < -0.3 is 10.1 Å². The molecule has 0 spiro atoms. The fourth-order valence-corrected chi connectivity index (χ4v) is 4.30. The van der Waals surface area contributed by atoms with Crippen molar-refractivity contribution in [1.82, 2.24) is 4.31 Å². The van der Waals surface area contributed by atoms with Crippen LogP contribution in [0.3, 0.4) is 0 Å². The molecule has 0 aliphatic carbocycles. The number of morpholine rings is 1. The van der Waals surface area contributed by atoms with Crippen LogP contribution in [0.4, 0.5) is 5.69 Å². The molecule has 0 bridgehead atoms. The van der Waals surface area contributed by atoms with Crippen LogP contribution in [-0.2, 0) is 14.8 Å². The summed E-state index contributed by atoms with van der Waals surface area (Å²) < 4.78 is 32.0. The van der Waals surface area contributed by atoms with Gasteiger partial charge in [-0.1, -0.05) is 23.7 Å². The van der Waals surface area contributed by atoms with Crippen LogP contribution >= 0.6 is 11.6 Å². The third-order valence-electron chi connectivity index (χ3n) is 4.22. The maximum absolute atomic E-state index is 12.7. The highest BCUT2D eigenvalue weighted by molar-refractivity contribution is 7.89. The van der Waals surface area contributed by atoms with Crippen LogP contribution in [0.5, 0.6) is 0 Å². The molecule has 1 N–H and O–H groups in total. The summed E-state index contributed by atoms with van der Waals surface area (Å²) >= 11 is 6.07. The second kappa shape index (κ2) is 7.75. The van der Waals surface area contributed by atoms with Crippen molar-refractivity contribution in [2.45, 2.75) is 11.8 Å². The zero-order valence-corrected chi connectivity index (χ0v) is 15.8. The Morgan fingerprint density at radius 1 is 1.15 bits per heavy atom. The molecule has 0 saturated carbocycles. The molecule has 1 heterocycles. The van der Waals surface area contributed by atoms with Crippen molar-refractivity contribution in [2.24, 2.45) is 0 Å². The van der Waals surface area contributed by atoms with Gasteiger partial charge in [-0.15, -0.1) is 0 Å². The first kappa shape index (κ1) is 18.8. The van der Waals surface area contributed by atoms with Crippen LogP contribution in [0.2, 0.25) is 5.02 Å². The third kappa shape index (κ3) is 3.91. The van der Waals surface area contributed by atoms with Gasteiger partial charge in [0.05, 0.1) is 18.1 Å². The van der Waals surface area contributed by atoms with E-state index in [0.717, 1.165) is 5.56 Å². The summed E-state index contributed by atoms with van der Waals surface area (Å²) in [5.41, 5.74) is 1.60. The van der Waals surface area contributed by atoms with Gasteiger partial charge in [0.25, 0.3) is 5.91 Å². The number of hydrogen-bond acceptors (Lipinski definition) is 4. The first-order valence-electron chi connectivity index (χ1n) is 8.14. The summed E-state index contributed by atoms with van der Waals surface area (Å²) in [5, 5.41) is 3.32. The smallest absolute Gasteiger partial charge is 0.255 e. The number of nitrogens with zero attached hydrogens (tertiary/aromatic N) is 1. The SMILES string of the molecule is Cc1c(Cl)cccc1NC(=O)c1cccc(S(=O)(=O)N2CCOCC2)c1. The molecule has 26 heavy (non-hydrogen) atoms. The number of rotatable bonds is 4. The first-order valence-corrected chi connectivity index (χ1v) is 9.96. The molecule has 138 valence electrons. The predicted molar refractivity (Wildman–Crippen MR) is 100 cm³/mol. The van der Waals surface area contributed by atoms with E-state index in [4.69, 9.17) is 16.3 Å². The van der Waals surface area contributed by atoms with Crippen molar-refractivity contribution < 1.29 is 17.9 Å². The number of ether oxygens (including phenoxy) is 1. The maximum Gasteiger partial charge on any atom is 0.255 e. The number of hydrogen-bond donors (Lipinski definition) is 1. The van der Waals surface area contributed by atoms with Gasteiger partial charge in [0.1, 0.15) is 0 Å². The van der Waals surface area contributed by atoms with Crippen molar-refractivity contribution >= 4 is 33.2 Å². The summed E-state index contributed by atoms with van der Waals surface area (Å²) in [7, 11) is -3.65. The highest BCUT2D eigenvalue weighted by Gasteiger charge is 2.26. The Hall–Kier alpha value is -1.93. The zero-order valence-electron chi connectivity index (χ0n) is 14.2. The molecule has 1 amide bonds. The van der Waals surface area contributed by atoms with E-state index < -0.39 is 15.9 Å². The fourth-order valence-electron chi connectivity index (χ4n) is 2.67. The predicted octanol–water partition coefficient (Wildman–Crippen LogP) is 2.92. The Morgan fingerprint density at radius 3 is 2.58 bits per heavy atom. The number of sulfonamides is 1. The van der Waals surface area contributed by atoms with E-state index >= 15 is 0 Å². The minimum absolute atomic E-state index is 0.0925. The molecule has 2 aromatic carbocycles. The van der Waals surface area contributed by atoms with E-state index in [1.165, 1.54) is 16.4 Å². The molecule has 2 aromatic rings. The van der Waals surface area contributed by atoms with E-state index in [1.54, 1.807) is 37.3 Å². The van der Waals surface area contributed by atoms with Gasteiger partial charge in [-0.25, -0.2) is 8.42 Å². The molecule has 1 aliphatic heterocycles. The molecule has 0 unspecified atom stereocenters. The number of amides is 1. The molecule has 0 atom stereocenters. The first-order chi connectivity index (χ1) is 12.4. The van der Waals surface area contributed by atoms with Gasteiger partial charge in [0.2, 0.25) is 10.0 Å². The number of carbonyl (C=O) groups is 1. The molecule has 6 nitrogen and oxygen atoms in total. The minimum atomic E-state index is -3.65. The Labute approximate surface area is 157 Å². The van der Waals surface area contributed by atoms with Crippen LogP contribution in [-0.4, -0.2) is 44.9 Å². The highest BCUT2D eigenvalue weighted by atomic mass is 35.5. The normalized spacial score (nSPS) is 15.6. The quantitative estimate of drug-likeness (QED) is 0.865. The third-order valence-corrected chi connectivity index (χ3v) is 6.52. The number of halogens is 1. The lowest BCUT2D eigenvalue weighted by Gasteiger charge is -2.26. The molecule has 1 aliphatic rings. The number of nitrogens with one attached hydrogen (secondary N) is 1. The Morgan fingerprint density at radius 2 is 1.85 bits per heavy atom. The highest BCUT2D eigenvalue weighted by Crippen LogP contribution is 2.24. The molecular weight excluding hydrogens is 376 g/mol. The second-order valence-electron chi connectivity index (χ2n) is 5.91. The van der Waals surface area contributed by atoms with E-state index in [1.807, 2.05) is 0 Å². The number of anilines is 1. The van der Waals surface area contributed by atoms with Gasteiger partial charge in [-0.3, -0.25) is 4.79 Å². The Bertz CT molecular complexity index is 925. The van der Waals surface area contributed by atoms with E-state index in [9.17, 15) is 13.2 Å². The molecule has 0 aromatic heterocycles. The summed E-state index contributed by atoms with van der Waals surface area (Å²) in [6, 6.07) is 11.2. The molecule has 1 fully saturated rings. The minimum Gasteiger partial charge on any atom is -0.379 e. The average Bonchev–Trinajstić information content (AvgIpc) is 2.66. The van der Waals surface area contributed by atoms with Crippen molar-refractivity contribution in [1.29, 1.82) is 0 Å². The van der Waals surface area contributed by atoms with Crippen molar-refractivity contribution in [3.05, 3.63) is 58.6 Å². The second-order valence-corrected chi connectivity index (χ2v) is 8.26. The van der Waals surface area contributed by atoms with Crippen molar-refractivity contribution in [3.8, 4) is 0 Å². The van der Waals surface area contributed by atoms with Gasteiger partial charge in [0.15, 0.2) is 0 Å². The van der Waals surface area contributed by atoms with Crippen LogP contribution in [0, 0.1) is 6.92 Å². The summed E-state index contributed by atoms with van der Waals surface area (Å²) in [5.74, 6) is -0.394. The van der Waals surface area contributed by atoms with E-state index in [2.05, 4.69) is 5.32 Å².